The topological polar surface area (TPSA) is 71.1 Å². The molecule has 3 rings (SSSR count). The van der Waals surface area contributed by atoms with Gasteiger partial charge < -0.3 is 10.6 Å². The van der Waals surface area contributed by atoms with Gasteiger partial charge in [-0.3, -0.25) is 14.6 Å². The highest BCUT2D eigenvalue weighted by Crippen LogP contribution is 2.25. The molecular formula is C14H11N3O2S2. The van der Waals surface area contributed by atoms with E-state index < -0.39 is 5.25 Å². The zero-order chi connectivity index (χ0) is 14.8. The van der Waals surface area contributed by atoms with E-state index in [2.05, 4.69) is 15.6 Å². The van der Waals surface area contributed by atoms with Gasteiger partial charge in [0.05, 0.1) is 16.5 Å². The van der Waals surface area contributed by atoms with Gasteiger partial charge in [0.15, 0.2) is 0 Å². The number of carbonyl (C=O) groups excluding carboxylic acids is 2. The summed E-state index contributed by atoms with van der Waals surface area (Å²) in [5.41, 5.74) is 1.50. The lowest BCUT2D eigenvalue weighted by Gasteiger charge is -2.09. The Bertz CT molecular complexity index is 743. The Morgan fingerprint density at radius 2 is 2.24 bits per heavy atom. The molecule has 0 aliphatic carbocycles. The van der Waals surface area contributed by atoms with Crippen molar-refractivity contribution in [3.05, 3.63) is 36.5 Å². The standard InChI is InChI=1S/C14H11N3O2S2/c18-12(7-11-13(19)17-14(20)21-11)16-10-5-1-4-9-8(10)3-2-6-15-9/h1-6,11H,7H2,(H,16,18)(H,17,19,20). The van der Waals surface area contributed by atoms with Crippen LogP contribution in [0, 0.1) is 0 Å². The number of aromatic nitrogens is 1. The van der Waals surface area contributed by atoms with E-state index in [0.717, 1.165) is 10.9 Å². The number of thioether (sulfide) groups is 1. The zero-order valence-electron chi connectivity index (χ0n) is 10.8. The zero-order valence-corrected chi connectivity index (χ0v) is 12.5. The van der Waals surface area contributed by atoms with E-state index >= 15 is 0 Å². The van der Waals surface area contributed by atoms with Crippen molar-refractivity contribution in [3.8, 4) is 0 Å². The summed E-state index contributed by atoms with van der Waals surface area (Å²) in [6, 6.07) is 9.23. The molecule has 0 radical (unpaired) electrons. The van der Waals surface area contributed by atoms with Crippen molar-refractivity contribution < 1.29 is 9.59 Å². The summed E-state index contributed by atoms with van der Waals surface area (Å²) in [5, 5.41) is 5.78. The van der Waals surface area contributed by atoms with Gasteiger partial charge in [-0.25, -0.2) is 0 Å². The third-order valence-corrected chi connectivity index (χ3v) is 4.43. The van der Waals surface area contributed by atoms with Crippen LogP contribution in [0.25, 0.3) is 10.9 Å². The van der Waals surface area contributed by atoms with Crippen LogP contribution >= 0.6 is 24.0 Å². The minimum absolute atomic E-state index is 0.0906. The number of nitrogens with zero attached hydrogens (tertiary/aromatic N) is 1. The molecule has 2 aromatic rings. The van der Waals surface area contributed by atoms with E-state index in [4.69, 9.17) is 12.2 Å². The lowest BCUT2D eigenvalue weighted by Crippen LogP contribution is -2.27. The van der Waals surface area contributed by atoms with E-state index in [1.165, 1.54) is 11.8 Å². The van der Waals surface area contributed by atoms with Gasteiger partial charge in [0.25, 0.3) is 0 Å². The molecule has 1 aromatic heterocycles. The minimum Gasteiger partial charge on any atom is -0.325 e. The Labute approximate surface area is 130 Å². The van der Waals surface area contributed by atoms with Crippen molar-refractivity contribution in [1.82, 2.24) is 10.3 Å². The molecule has 2 N–H and O–H groups in total. The number of anilines is 1. The van der Waals surface area contributed by atoms with Gasteiger partial charge >= 0.3 is 0 Å². The summed E-state index contributed by atoms with van der Waals surface area (Å²) >= 11 is 6.12. The number of hydrogen-bond acceptors (Lipinski definition) is 5. The predicted molar refractivity (Wildman–Crippen MR) is 87.1 cm³/mol. The highest BCUT2D eigenvalue weighted by atomic mass is 32.2. The lowest BCUT2D eigenvalue weighted by molar-refractivity contribution is -0.122. The summed E-state index contributed by atoms with van der Waals surface area (Å²) in [5.74, 6) is -0.427. The van der Waals surface area contributed by atoms with Crippen LogP contribution in [0.1, 0.15) is 6.42 Å². The molecule has 2 heterocycles. The van der Waals surface area contributed by atoms with Crippen LogP contribution in [0.2, 0.25) is 0 Å². The fraction of sp³-hybridized carbons (Fsp3) is 0.143. The van der Waals surface area contributed by atoms with Gasteiger partial charge in [0.2, 0.25) is 11.8 Å². The third kappa shape index (κ3) is 3.03. The van der Waals surface area contributed by atoms with E-state index in [1.54, 1.807) is 6.20 Å². The first-order valence-electron chi connectivity index (χ1n) is 6.28. The SMILES string of the molecule is O=C(CC1SC(=S)NC1=O)Nc1cccc2ncccc12. The third-order valence-electron chi connectivity index (χ3n) is 3.06. The second-order valence-electron chi connectivity index (χ2n) is 4.51. The average molecular weight is 317 g/mol. The minimum atomic E-state index is -0.453. The molecule has 1 aliphatic rings. The largest absolute Gasteiger partial charge is 0.325 e. The molecule has 1 fully saturated rings. The van der Waals surface area contributed by atoms with Crippen molar-refractivity contribution in [2.24, 2.45) is 0 Å². The molecule has 1 aromatic carbocycles. The molecule has 106 valence electrons. The van der Waals surface area contributed by atoms with Gasteiger partial charge in [-0.1, -0.05) is 30.0 Å². The number of rotatable bonds is 3. The molecule has 1 unspecified atom stereocenters. The summed E-state index contributed by atoms with van der Waals surface area (Å²) in [6.07, 6.45) is 1.79. The smallest absolute Gasteiger partial charge is 0.239 e. The maximum Gasteiger partial charge on any atom is 0.239 e. The molecule has 0 bridgehead atoms. The van der Waals surface area contributed by atoms with Crippen LogP contribution in [0.5, 0.6) is 0 Å². The molecule has 1 saturated heterocycles. The van der Waals surface area contributed by atoms with Crippen LogP contribution in [0.3, 0.4) is 0 Å². The van der Waals surface area contributed by atoms with Crippen LogP contribution in [-0.4, -0.2) is 26.4 Å². The van der Waals surface area contributed by atoms with Crippen LogP contribution in [0.15, 0.2) is 36.5 Å². The number of nitrogens with one attached hydrogen (secondary N) is 2. The van der Waals surface area contributed by atoms with Crippen LogP contribution in [-0.2, 0) is 9.59 Å². The Hall–Kier alpha value is -1.99. The maximum atomic E-state index is 12.1. The molecule has 7 heteroatoms. The Morgan fingerprint density at radius 1 is 1.38 bits per heavy atom. The maximum absolute atomic E-state index is 12.1. The van der Waals surface area contributed by atoms with Crippen molar-refractivity contribution in [1.29, 1.82) is 0 Å². The first-order chi connectivity index (χ1) is 10.1. The van der Waals surface area contributed by atoms with E-state index in [1.807, 2.05) is 30.3 Å². The molecule has 21 heavy (non-hydrogen) atoms. The first-order valence-corrected chi connectivity index (χ1v) is 7.57. The number of amides is 2. The summed E-state index contributed by atoms with van der Waals surface area (Å²) in [6.45, 7) is 0. The monoisotopic (exact) mass is 317 g/mol. The van der Waals surface area contributed by atoms with Crippen molar-refractivity contribution >= 4 is 56.7 Å². The van der Waals surface area contributed by atoms with Crippen molar-refractivity contribution in [2.75, 3.05) is 5.32 Å². The predicted octanol–water partition coefficient (Wildman–Crippen LogP) is 2.08. The van der Waals surface area contributed by atoms with E-state index in [-0.39, 0.29) is 18.2 Å². The summed E-state index contributed by atoms with van der Waals surface area (Å²) in [4.78, 5) is 27.9. The Kier molecular flexibility index (Phi) is 3.85. The van der Waals surface area contributed by atoms with Crippen LogP contribution < -0.4 is 10.6 Å². The number of thiocarbonyl (C=S) groups is 1. The van der Waals surface area contributed by atoms with Gasteiger partial charge in [-0.15, -0.1) is 0 Å². The second kappa shape index (κ2) is 5.79. The number of benzene rings is 1. The number of carbonyl (C=O) groups is 2. The highest BCUT2D eigenvalue weighted by Gasteiger charge is 2.31. The van der Waals surface area contributed by atoms with Crippen LogP contribution in [0.4, 0.5) is 5.69 Å². The quantitative estimate of drug-likeness (QED) is 0.848. The number of fused-ring (bicyclic) bond motifs is 1. The van der Waals surface area contributed by atoms with E-state index in [9.17, 15) is 9.59 Å². The second-order valence-corrected chi connectivity index (χ2v) is 6.39. The molecule has 1 atom stereocenters. The summed E-state index contributed by atoms with van der Waals surface area (Å²) < 4.78 is 0.423. The summed E-state index contributed by atoms with van der Waals surface area (Å²) in [7, 11) is 0. The number of pyridine rings is 1. The van der Waals surface area contributed by atoms with Gasteiger partial charge in [-0.05, 0) is 24.3 Å². The Balaban J connectivity index is 1.75. The van der Waals surface area contributed by atoms with Gasteiger partial charge in [0, 0.05) is 18.0 Å². The average Bonchev–Trinajstić information content (AvgIpc) is 2.77. The lowest BCUT2D eigenvalue weighted by atomic mass is 10.1. The first kappa shape index (κ1) is 14.0. The molecule has 2 amide bonds. The number of hydrogen-bond donors (Lipinski definition) is 2. The van der Waals surface area contributed by atoms with E-state index in [0.29, 0.717) is 10.0 Å². The molecule has 0 spiro atoms. The molecule has 1 aliphatic heterocycles. The van der Waals surface area contributed by atoms with Gasteiger partial charge in [0.1, 0.15) is 4.32 Å². The fourth-order valence-corrected chi connectivity index (χ4v) is 3.38. The normalized spacial score (nSPS) is 17.8. The highest BCUT2D eigenvalue weighted by molar-refractivity contribution is 8.24. The molecule has 5 nitrogen and oxygen atoms in total. The Morgan fingerprint density at radius 3 is 3.00 bits per heavy atom. The molecular weight excluding hydrogens is 306 g/mol. The fourth-order valence-electron chi connectivity index (χ4n) is 2.11. The molecule has 0 saturated carbocycles. The van der Waals surface area contributed by atoms with Crippen molar-refractivity contribution in [3.63, 3.8) is 0 Å². The van der Waals surface area contributed by atoms with Gasteiger partial charge in [-0.2, -0.15) is 0 Å². The van der Waals surface area contributed by atoms with Crippen molar-refractivity contribution in [2.45, 2.75) is 11.7 Å².